The average Bonchev–Trinajstić information content (AvgIpc) is 2.61. The van der Waals surface area contributed by atoms with Gasteiger partial charge in [0.15, 0.2) is 0 Å². The zero-order valence-electron chi connectivity index (χ0n) is 13.1. The Morgan fingerprint density at radius 3 is 2.92 bits per heavy atom. The van der Waals surface area contributed by atoms with Crippen LogP contribution in [0.4, 0.5) is 15.9 Å². The monoisotopic (exact) mass is 339 g/mol. The molecule has 1 atom stereocenters. The van der Waals surface area contributed by atoms with Gasteiger partial charge in [-0.25, -0.2) is 9.37 Å². The number of ether oxygens (including phenoxy) is 1. The molecule has 0 radical (unpaired) electrons. The van der Waals surface area contributed by atoms with Gasteiger partial charge in [0, 0.05) is 29.5 Å². The Kier molecular flexibility index (Phi) is 3.68. The van der Waals surface area contributed by atoms with Crippen molar-refractivity contribution >= 4 is 22.4 Å². The molecule has 7 heteroatoms. The number of anilines is 1. The Morgan fingerprint density at radius 2 is 2.08 bits per heavy atom. The number of hydrogen-bond donors (Lipinski definition) is 1. The zero-order chi connectivity index (χ0) is 17.4. The van der Waals surface area contributed by atoms with Gasteiger partial charge in [-0.05, 0) is 36.4 Å². The summed E-state index contributed by atoms with van der Waals surface area (Å²) in [6.45, 7) is 0.538. The second-order valence-corrected chi connectivity index (χ2v) is 5.85. The maximum Gasteiger partial charge on any atom is 0.270 e. The number of halogens is 1. The van der Waals surface area contributed by atoms with Crippen LogP contribution in [0.15, 0.2) is 48.5 Å². The number of aromatic nitrogens is 1. The van der Waals surface area contributed by atoms with E-state index in [1.807, 2.05) is 0 Å². The lowest BCUT2D eigenvalue weighted by atomic mass is 10.0. The molecule has 0 amide bonds. The quantitative estimate of drug-likeness (QED) is 0.571. The average molecular weight is 339 g/mol. The van der Waals surface area contributed by atoms with Gasteiger partial charge >= 0.3 is 0 Å². The highest BCUT2D eigenvalue weighted by Crippen LogP contribution is 2.34. The van der Waals surface area contributed by atoms with Gasteiger partial charge in [-0.2, -0.15) is 0 Å². The van der Waals surface area contributed by atoms with E-state index >= 15 is 0 Å². The molecular formula is C18H14FN3O3. The first-order valence-corrected chi connectivity index (χ1v) is 7.84. The molecule has 6 nitrogen and oxygen atoms in total. The number of nitrogens with zero attached hydrogens (tertiary/aromatic N) is 2. The summed E-state index contributed by atoms with van der Waals surface area (Å²) in [5, 5.41) is 14.8. The number of nitro groups is 1. The standard InChI is InChI=1S/C18H14FN3O3/c19-12-2-5-17-14(10-12)16(7-8-25-17)21-18-6-1-11-9-13(22(23)24)3-4-15(11)20-18/h1-6,9-10,16H,7-8H2,(H,20,21). The lowest BCUT2D eigenvalue weighted by Crippen LogP contribution is -2.21. The summed E-state index contributed by atoms with van der Waals surface area (Å²) in [7, 11) is 0. The van der Waals surface area contributed by atoms with Crippen LogP contribution in [0.25, 0.3) is 10.9 Å². The van der Waals surface area contributed by atoms with Crippen LogP contribution in [-0.4, -0.2) is 16.5 Å². The number of rotatable bonds is 3. The van der Waals surface area contributed by atoms with E-state index in [1.54, 1.807) is 24.3 Å². The summed E-state index contributed by atoms with van der Waals surface area (Å²) in [4.78, 5) is 14.9. The zero-order valence-corrected chi connectivity index (χ0v) is 13.1. The molecule has 126 valence electrons. The van der Waals surface area contributed by atoms with Crippen LogP contribution in [0, 0.1) is 15.9 Å². The molecule has 1 unspecified atom stereocenters. The molecule has 0 spiro atoms. The number of pyridine rings is 1. The van der Waals surface area contributed by atoms with Crippen LogP contribution in [-0.2, 0) is 0 Å². The molecule has 25 heavy (non-hydrogen) atoms. The normalized spacial score (nSPS) is 16.1. The maximum absolute atomic E-state index is 13.6. The first-order valence-electron chi connectivity index (χ1n) is 7.84. The van der Waals surface area contributed by atoms with Gasteiger partial charge in [0.2, 0.25) is 0 Å². The minimum Gasteiger partial charge on any atom is -0.493 e. The van der Waals surface area contributed by atoms with Crippen molar-refractivity contribution in [3.8, 4) is 5.75 Å². The van der Waals surface area contributed by atoms with Gasteiger partial charge in [0.1, 0.15) is 17.4 Å². The van der Waals surface area contributed by atoms with Gasteiger partial charge in [-0.1, -0.05) is 0 Å². The van der Waals surface area contributed by atoms with E-state index in [0.29, 0.717) is 35.5 Å². The lowest BCUT2D eigenvalue weighted by molar-refractivity contribution is -0.384. The van der Waals surface area contributed by atoms with Crippen LogP contribution in [0.3, 0.4) is 0 Å². The van der Waals surface area contributed by atoms with Crippen LogP contribution in [0.5, 0.6) is 5.75 Å². The fourth-order valence-corrected chi connectivity index (χ4v) is 3.00. The molecule has 4 rings (SSSR count). The molecule has 0 bridgehead atoms. The lowest BCUT2D eigenvalue weighted by Gasteiger charge is -2.27. The molecule has 1 N–H and O–H groups in total. The Balaban J connectivity index is 1.64. The third-order valence-corrected chi connectivity index (χ3v) is 4.22. The van der Waals surface area contributed by atoms with Crippen molar-refractivity contribution in [3.63, 3.8) is 0 Å². The summed E-state index contributed by atoms with van der Waals surface area (Å²) in [6, 6.07) is 12.5. The summed E-state index contributed by atoms with van der Waals surface area (Å²) in [5.74, 6) is 0.986. The van der Waals surface area contributed by atoms with Crippen LogP contribution in [0.1, 0.15) is 18.0 Å². The molecule has 1 aliphatic heterocycles. The SMILES string of the molecule is O=[N+]([O-])c1ccc2nc(NC3CCOc4ccc(F)cc43)ccc2c1. The first kappa shape index (κ1) is 15.3. The van der Waals surface area contributed by atoms with E-state index in [-0.39, 0.29) is 17.5 Å². The fourth-order valence-electron chi connectivity index (χ4n) is 3.00. The van der Waals surface area contributed by atoms with Crippen LogP contribution >= 0.6 is 0 Å². The summed E-state index contributed by atoms with van der Waals surface area (Å²) in [5.41, 5.74) is 1.45. The highest BCUT2D eigenvalue weighted by Gasteiger charge is 2.22. The smallest absolute Gasteiger partial charge is 0.270 e. The molecule has 2 aromatic carbocycles. The second-order valence-electron chi connectivity index (χ2n) is 5.85. The highest BCUT2D eigenvalue weighted by atomic mass is 19.1. The van der Waals surface area contributed by atoms with Crippen LogP contribution < -0.4 is 10.1 Å². The first-order chi connectivity index (χ1) is 12.1. The molecular weight excluding hydrogens is 325 g/mol. The Bertz CT molecular complexity index is 977. The van der Waals surface area contributed by atoms with Crippen molar-refractivity contribution < 1.29 is 14.1 Å². The predicted octanol–water partition coefficient (Wildman–Crippen LogP) is 4.22. The molecule has 0 fully saturated rings. The second kappa shape index (κ2) is 6.01. The van der Waals surface area contributed by atoms with Crippen molar-refractivity contribution in [3.05, 3.63) is 70.0 Å². The molecule has 2 heterocycles. The van der Waals surface area contributed by atoms with Gasteiger partial charge < -0.3 is 10.1 Å². The van der Waals surface area contributed by atoms with Crippen molar-refractivity contribution in [2.24, 2.45) is 0 Å². The van der Waals surface area contributed by atoms with Gasteiger partial charge in [-0.15, -0.1) is 0 Å². The molecule has 0 saturated carbocycles. The number of nitrogens with one attached hydrogen (secondary N) is 1. The van der Waals surface area contributed by atoms with E-state index < -0.39 is 4.92 Å². The third-order valence-electron chi connectivity index (χ3n) is 4.22. The summed E-state index contributed by atoms with van der Waals surface area (Å²) in [6.07, 6.45) is 0.691. The van der Waals surface area contributed by atoms with Crippen molar-refractivity contribution in [1.82, 2.24) is 4.98 Å². The topological polar surface area (TPSA) is 77.3 Å². The van der Waals surface area contributed by atoms with Gasteiger partial charge in [-0.3, -0.25) is 10.1 Å². The van der Waals surface area contributed by atoms with Crippen molar-refractivity contribution in [1.29, 1.82) is 0 Å². The number of hydrogen-bond acceptors (Lipinski definition) is 5. The van der Waals surface area contributed by atoms with Gasteiger partial charge in [0.05, 0.1) is 23.1 Å². The Hall–Kier alpha value is -3.22. The van der Waals surface area contributed by atoms with Crippen molar-refractivity contribution in [2.75, 3.05) is 11.9 Å². The van der Waals surface area contributed by atoms with Gasteiger partial charge in [0.25, 0.3) is 5.69 Å². The van der Waals surface area contributed by atoms with E-state index in [0.717, 1.165) is 5.56 Å². The Labute approximate surface area is 142 Å². The van der Waals surface area contributed by atoms with E-state index in [2.05, 4.69) is 10.3 Å². The predicted molar refractivity (Wildman–Crippen MR) is 91.3 cm³/mol. The molecule has 1 aromatic heterocycles. The minimum atomic E-state index is -0.431. The molecule has 3 aromatic rings. The van der Waals surface area contributed by atoms with Crippen molar-refractivity contribution in [2.45, 2.75) is 12.5 Å². The van der Waals surface area contributed by atoms with E-state index in [4.69, 9.17) is 4.74 Å². The number of non-ortho nitro benzene ring substituents is 1. The number of nitro benzene ring substituents is 1. The van der Waals surface area contributed by atoms with Crippen LogP contribution in [0.2, 0.25) is 0 Å². The highest BCUT2D eigenvalue weighted by molar-refractivity contribution is 5.82. The van der Waals surface area contributed by atoms with E-state index in [1.165, 1.54) is 24.3 Å². The molecule has 0 saturated heterocycles. The molecule has 1 aliphatic rings. The number of benzene rings is 2. The third kappa shape index (κ3) is 2.96. The number of fused-ring (bicyclic) bond motifs is 2. The summed E-state index contributed by atoms with van der Waals surface area (Å²) < 4.78 is 19.1. The minimum absolute atomic E-state index is 0.0313. The van der Waals surface area contributed by atoms with E-state index in [9.17, 15) is 14.5 Å². The summed E-state index contributed by atoms with van der Waals surface area (Å²) >= 11 is 0. The largest absolute Gasteiger partial charge is 0.493 e. The maximum atomic E-state index is 13.6. The molecule has 0 aliphatic carbocycles. The Morgan fingerprint density at radius 1 is 1.20 bits per heavy atom. The fraction of sp³-hybridized carbons (Fsp3) is 0.167.